The predicted octanol–water partition coefficient (Wildman–Crippen LogP) is 2.96. The number of piperidine rings is 1. The Morgan fingerprint density at radius 2 is 2.00 bits per heavy atom. The molecule has 3 rings (SSSR count). The molecule has 1 saturated heterocycles. The van der Waals surface area contributed by atoms with Crippen LogP contribution in [-0.2, 0) is 14.3 Å². The summed E-state index contributed by atoms with van der Waals surface area (Å²) in [7, 11) is 0. The summed E-state index contributed by atoms with van der Waals surface area (Å²) >= 11 is 2.13. The Bertz CT molecular complexity index is 887. The van der Waals surface area contributed by atoms with Gasteiger partial charge >= 0.3 is 5.97 Å². The average molecular weight is 490 g/mol. The zero-order chi connectivity index (χ0) is 19.9. The number of amides is 1. The molecule has 8 heteroatoms. The first-order valence-electron chi connectivity index (χ1n) is 8.89. The van der Waals surface area contributed by atoms with Crippen molar-refractivity contribution in [2.75, 3.05) is 29.9 Å². The quantitative estimate of drug-likeness (QED) is 0.512. The fraction of sp³-hybridized carbons (Fsp3) is 0.300. The minimum atomic E-state index is -0.350. The summed E-state index contributed by atoms with van der Waals surface area (Å²) in [6, 6.07) is 13.0. The first-order valence-corrected chi connectivity index (χ1v) is 9.97. The molecular weight excluding hydrogens is 471 g/mol. The van der Waals surface area contributed by atoms with Crippen LogP contribution in [-0.4, -0.2) is 36.6 Å². The number of pyridine rings is 1. The van der Waals surface area contributed by atoms with Gasteiger partial charge in [-0.3, -0.25) is 9.59 Å². The third kappa shape index (κ3) is 5.19. The summed E-state index contributed by atoms with van der Waals surface area (Å²) in [6.07, 6.45) is 2.82. The summed E-state index contributed by atoms with van der Waals surface area (Å²) in [4.78, 5) is 30.6. The van der Waals surface area contributed by atoms with Crippen molar-refractivity contribution < 1.29 is 14.3 Å². The molecule has 7 nitrogen and oxygen atoms in total. The molecule has 0 radical (unpaired) electrons. The molecule has 1 aliphatic heterocycles. The van der Waals surface area contributed by atoms with Gasteiger partial charge in [0.15, 0.2) is 6.61 Å². The molecule has 1 N–H and O–H groups in total. The zero-order valence-electron chi connectivity index (χ0n) is 15.1. The Hall–Kier alpha value is -2.67. The number of hydrogen-bond acceptors (Lipinski definition) is 6. The van der Waals surface area contributed by atoms with Crippen LogP contribution in [0.3, 0.4) is 0 Å². The standard InChI is InChI=1S/C20H19IN4O3/c21-16-3-1-2-4-17(16)24-19(26)13-28-20(27)15-7-9-25(10-8-15)18-6-5-14(11-22)12-23-18/h1-6,12,15H,7-10,13H2,(H,24,26). The molecule has 1 aliphatic rings. The topological polar surface area (TPSA) is 95.3 Å². The number of hydrogen-bond donors (Lipinski definition) is 1. The third-order valence-electron chi connectivity index (χ3n) is 4.52. The average Bonchev–Trinajstić information content (AvgIpc) is 2.74. The lowest BCUT2D eigenvalue weighted by Crippen LogP contribution is -2.38. The molecule has 0 saturated carbocycles. The molecule has 0 unspecified atom stereocenters. The van der Waals surface area contributed by atoms with Gasteiger partial charge in [0.05, 0.1) is 17.2 Å². The van der Waals surface area contributed by atoms with Crippen molar-refractivity contribution in [2.24, 2.45) is 5.92 Å². The molecule has 2 aromatic rings. The maximum atomic E-state index is 12.3. The number of carbonyl (C=O) groups is 2. The first kappa shape index (κ1) is 20.1. The van der Waals surface area contributed by atoms with Crippen molar-refractivity contribution >= 4 is 46.0 Å². The Kier molecular flexibility index (Phi) is 6.81. The summed E-state index contributed by atoms with van der Waals surface area (Å²) < 4.78 is 6.12. The summed E-state index contributed by atoms with van der Waals surface area (Å²) in [6.45, 7) is 1.06. The summed E-state index contributed by atoms with van der Waals surface area (Å²) in [5.41, 5.74) is 1.22. The fourth-order valence-corrected chi connectivity index (χ4v) is 3.51. The van der Waals surface area contributed by atoms with E-state index in [1.54, 1.807) is 18.3 Å². The molecule has 1 fully saturated rings. The lowest BCUT2D eigenvalue weighted by Gasteiger charge is -2.31. The number of para-hydroxylation sites is 1. The van der Waals surface area contributed by atoms with Crippen LogP contribution in [0.2, 0.25) is 0 Å². The molecule has 1 amide bonds. The van der Waals surface area contributed by atoms with E-state index in [-0.39, 0.29) is 24.4 Å². The maximum Gasteiger partial charge on any atom is 0.309 e. The number of carbonyl (C=O) groups excluding carboxylic acids is 2. The maximum absolute atomic E-state index is 12.3. The van der Waals surface area contributed by atoms with Gasteiger partial charge in [-0.15, -0.1) is 0 Å². The SMILES string of the molecule is N#Cc1ccc(N2CCC(C(=O)OCC(=O)Nc3ccccc3I)CC2)nc1. The highest BCUT2D eigenvalue weighted by molar-refractivity contribution is 14.1. The molecule has 1 aromatic carbocycles. The van der Waals surface area contributed by atoms with E-state index < -0.39 is 0 Å². The minimum Gasteiger partial charge on any atom is -0.455 e. The number of anilines is 2. The van der Waals surface area contributed by atoms with Gasteiger partial charge in [-0.25, -0.2) is 4.98 Å². The van der Waals surface area contributed by atoms with E-state index in [9.17, 15) is 9.59 Å². The Labute approximate surface area is 176 Å². The molecule has 0 atom stereocenters. The highest BCUT2D eigenvalue weighted by Crippen LogP contribution is 2.23. The predicted molar refractivity (Wildman–Crippen MR) is 113 cm³/mol. The summed E-state index contributed by atoms with van der Waals surface area (Å²) in [5, 5.41) is 11.6. The number of halogens is 1. The molecule has 144 valence electrons. The van der Waals surface area contributed by atoms with Gasteiger partial charge in [0.25, 0.3) is 5.91 Å². The number of nitrogens with zero attached hydrogens (tertiary/aromatic N) is 3. The van der Waals surface area contributed by atoms with E-state index in [1.165, 1.54) is 0 Å². The van der Waals surface area contributed by atoms with Gasteiger partial charge in [-0.05, 0) is 59.7 Å². The van der Waals surface area contributed by atoms with E-state index in [0.29, 0.717) is 37.2 Å². The highest BCUT2D eigenvalue weighted by atomic mass is 127. The van der Waals surface area contributed by atoms with E-state index in [0.717, 1.165) is 9.39 Å². The molecular formula is C20H19IN4O3. The molecule has 2 heterocycles. The van der Waals surface area contributed by atoms with Gasteiger partial charge in [-0.2, -0.15) is 5.26 Å². The number of ether oxygens (including phenoxy) is 1. The second kappa shape index (κ2) is 9.50. The molecule has 1 aromatic heterocycles. The second-order valence-corrected chi connectivity index (χ2v) is 7.58. The van der Waals surface area contributed by atoms with Gasteiger partial charge in [-0.1, -0.05) is 12.1 Å². The van der Waals surface area contributed by atoms with E-state index in [4.69, 9.17) is 10.00 Å². The normalized spacial score (nSPS) is 14.2. The zero-order valence-corrected chi connectivity index (χ0v) is 17.3. The van der Waals surface area contributed by atoms with E-state index in [2.05, 4.69) is 37.8 Å². The van der Waals surface area contributed by atoms with Crippen LogP contribution >= 0.6 is 22.6 Å². The van der Waals surface area contributed by atoms with Crippen LogP contribution < -0.4 is 10.2 Å². The van der Waals surface area contributed by atoms with Crippen LogP contribution in [0.25, 0.3) is 0 Å². The molecule has 0 aliphatic carbocycles. The number of rotatable bonds is 5. The van der Waals surface area contributed by atoms with Crippen molar-refractivity contribution in [3.05, 3.63) is 51.7 Å². The molecule has 0 bridgehead atoms. The number of nitriles is 1. The highest BCUT2D eigenvalue weighted by Gasteiger charge is 2.27. The minimum absolute atomic E-state index is 0.223. The van der Waals surface area contributed by atoms with Crippen molar-refractivity contribution in [3.63, 3.8) is 0 Å². The van der Waals surface area contributed by atoms with Crippen LogP contribution in [0.1, 0.15) is 18.4 Å². The Balaban J connectivity index is 1.44. The van der Waals surface area contributed by atoms with Gasteiger partial charge in [0.1, 0.15) is 11.9 Å². The first-order chi connectivity index (χ1) is 13.6. The number of aromatic nitrogens is 1. The lowest BCUT2D eigenvalue weighted by molar-refractivity contribution is -0.152. The van der Waals surface area contributed by atoms with Crippen molar-refractivity contribution in [1.29, 1.82) is 5.26 Å². The third-order valence-corrected chi connectivity index (χ3v) is 5.46. The fourth-order valence-electron chi connectivity index (χ4n) is 2.99. The number of benzene rings is 1. The van der Waals surface area contributed by atoms with E-state index >= 15 is 0 Å². The van der Waals surface area contributed by atoms with Crippen LogP contribution in [0.4, 0.5) is 11.5 Å². The molecule has 28 heavy (non-hydrogen) atoms. The Morgan fingerprint density at radius 1 is 1.25 bits per heavy atom. The smallest absolute Gasteiger partial charge is 0.309 e. The summed E-state index contributed by atoms with van der Waals surface area (Å²) in [5.74, 6) is -0.121. The monoisotopic (exact) mass is 490 g/mol. The van der Waals surface area contributed by atoms with Crippen LogP contribution in [0.5, 0.6) is 0 Å². The largest absolute Gasteiger partial charge is 0.455 e. The number of nitrogens with one attached hydrogen (secondary N) is 1. The Morgan fingerprint density at radius 3 is 2.64 bits per heavy atom. The number of esters is 1. The van der Waals surface area contributed by atoms with E-state index in [1.807, 2.05) is 30.3 Å². The van der Waals surface area contributed by atoms with Crippen LogP contribution in [0, 0.1) is 20.8 Å². The van der Waals surface area contributed by atoms with Gasteiger partial charge < -0.3 is 15.0 Å². The lowest BCUT2D eigenvalue weighted by atomic mass is 9.97. The van der Waals surface area contributed by atoms with Crippen LogP contribution in [0.15, 0.2) is 42.6 Å². The van der Waals surface area contributed by atoms with Crippen molar-refractivity contribution in [2.45, 2.75) is 12.8 Å². The molecule has 0 spiro atoms. The van der Waals surface area contributed by atoms with Gasteiger partial charge in [0, 0.05) is 22.9 Å². The van der Waals surface area contributed by atoms with Crippen molar-refractivity contribution in [1.82, 2.24) is 4.98 Å². The van der Waals surface area contributed by atoms with Gasteiger partial charge in [0.2, 0.25) is 0 Å². The van der Waals surface area contributed by atoms with Crippen molar-refractivity contribution in [3.8, 4) is 6.07 Å². The second-order valence-electron chi connectivity index (χ2n) is 6.41.